The lowest BCUT2D eigenvalue weighted by atomic mass is 9.82. The highest BCUT2D eigenvalue weighted by Crippen LogP contribution is 2.49. The van der Waals surface area contributed by atoms with Crippen LogP contribution in [-0.4, -0.2) is 19.5 Å². The largest absolute Gasteiger partial charge is 0.456 e. The van der Waals surface area contributed by atoms with Crippen molar-refractivity contribution in [2.45, 2.75) is 19.3 Å². The van der Waals surface area contributed by atoms with Gasteiger partial charge in [0, 0.05) is 49.3 Å². The van der Waals surface area contributed by atoms with Crippen LogP contribution < -0.4 is 0 Å². The van der Waals surface area contributed by atoms with E-state index >= 15 is 0 Å². The molecule has 3 aromatic heterocycles. The summed E-state index contributed by atoms with van der Waals surface area (Å²) in [7, 11) is 0. The Morgan fingerprint density at radius 1 is 0.369 bits per heavy atom. The lowest BCUT2D eigenvalue weighted by Gasteiger charge is -2.21. The molecule has 0 aliphatic heterocycles. The molecule has 1 aliphatic rings. The molecule has 0 saturated heterocycles. The molecule has 0 N–H and O–H groups in total. The van der Waals surface area contributed by atoms with Crippen LogP contribution in [0.2, 0.25) is 0 Å². The van der Waals surface area contributed by atoms with Crippen LogP contribution in [0.15, 0.2) is 211 Å². The first-order valence-electron chi connectivity index (χ1n) is 22.2. The minimum atomic E-state index is -0.110. The minimum Gasteiger partial charge on any atom is -0.456 e. The number of furan rings is 1. The van der Waals surface area contributed by atoms with E-state index in [1.54, 1.807) is 0 Å². The highest BCUT2D eigenvalue weighted by Gasteiger charge is 2.35. The first-order chi connectivity index (χ1) is 32.0. The molecule has 0 spiro atoms. The summed E-state index contributed by atoms with van der Waals surface area (Å²) in [5.74, 6) is 1.80. The van der Waals surface area contributed by atoms with Crippen molar-refractivity contribution in [1.29, 1.82) is 0 Å². The second kappa shape index (κ2) is 14.3. The number of hydrogen-bond donors (Lipinski definition) is 0. The molecule has 0 atom stereocenters. The average Bonchev–Trinajstić information content (AvgIpc) is 3.99. The van der Waals surface area contributed by atoms with Gasteiger partial charge in [-0.05, 0) is 111 Å². The number of aromatic nitrogens is 4. The molecular formula is C60H40N4O. The molecule has 306 valence electrons. The lowest BCUT2D eigenvalue weighted by Crippen LogP contribution is -2.14. The van der Waals surface area contributed by atoms with Gasteiger partial charge in [-0.3, -0.25) is 0 Å². The Morgan fingerprint density at radius 3 is 1.80 bits per heavy atom. The van der Waals surface area contributed by atoms with Crippen molar-refractivity contribution in [2.24, 2.45) is 0 Å². The summed E-state index contributed by atoms with van der Waals surface area (Å²) < 4.78 is 9.01. The van der Waals surface area contributed by atoms with Crippen molar-refractivity contribution < 1.29 is 4.42 Å². The Hall–Kier alpha value is -8.41. The van der Waals surface area contributed by atoms with E-state index < -0.39 is 0 Å². The SMILES string of the molecule is CC1(C)c2ccccc2-c2cc(-c3nc(-c4ccc5c(c4)oc4cccc(-c6cccc(-c7ccccc7)c6)c45)nc(-c4ccc5c(c4)c4ccccc4n5-c4ccccc4)n3)ccc21. The van der Waals surface area contributed by atoms with E-state index in [9.17, 15) is 0 Å². The van der Waals surface area contributed by atoms with Crippen molar-refractivity contribution in [3.63, 3.8) is 0 Å². The summed E-state index contributed by atoms with van der Waals surface area (Å²) in [6.45, 7) is 4.61. The standard InChI is InChI=1S/C60H40N4O/c1-60(2)50-24-11-9-21-45(50)48-34-40(28-31-51(48)60)57-61-58(41-29-32-53-49(35-41)46-22-10-12-25-52(46)64(53)43-19-7-4-8-20-43)63-59(62-57)42-27-30-47-55(36-42)65-54-26-14-23-44(56(47)54)39-18-13-17-38(33-39)37-15-5-3-6-16-37/h3-36H,1-2H3. The topological polar surface area (TPSA) is 56.7 Å². The fourth-order valence-corrected chi connectivity index (χ4v) is 10.3. The van der Waals surface area contributed by atoms with Crippen molar-refractivity contribution in [3.05, 3.63) is 217 Å². The normalized spacial score (nSPS) is 12.9. The summed E-state index contributed by atoms with van der Waals surface area (Å²) in [6.07, 6.45) is 0. The van der Waals surface area contributed by atoms with Crippen LogP contribution in [0.3, 0.4) is 0 Å². The predicted octanol–water partition coefficient (Wildman–Crippen LogP) is 15.5. The Kier molecular flexibility index (Phi) is 8.18. The fourth-order valence-electron chi connectivity index (χ4n) is 10.3. The Morgan fingerprint density at radius 2 is 0.969 bits per heavy atom. The van der Waals surface area contributed by atoms with E-state index in [0.717, 1.165) is 71.9 Å². The quantitative estimate of drug-likeness (QED) is 0.167. The van der Waals surface area contributed by atoms with Gasteiger partial charge < -0.3 is 8.98 Å². The van der Waals surface area contributed by atoms with Gasteiger partial charge in [0.25, 0.3) is 0 Å². The highest BCUT2D eigenvalue weighted by molar-refractivity contribution is 6.13. The van der Waals surface area contributed by atoms with Crippen molar-refractivity contribution in [1.82, 2.24) is 19.5 Å². The van der Waals surface area contributed by atoms with Crippen LogP contribution in [-0.2, 0) is 5.41 Å². The number of para-hydroxylation sites is 2. The maximum Gasteiger partial charge on any atom is 0.164 e. The molecule has 0 unspecified atom stereocenters. The van der Waals surface area contributed by atoms with Gasteiger partial charge in [0.05, 0.1) is 11.0 Å². The van der Waals surface area contributed by atoms with Gasteiger partial charge in [-0.25, -0.2) is 15.0 Å². The van der Waals surface area contributed by atoms with Crippen LogP contribution in [0.1, 0.15) is 25.0 Å². The van der Waals surface area contributed by atoms with E-state index in [1.165, 1.54) is 38.8 Å². The first kappa shape index (κ1) is 37.2. The molecule has 1 aliphatic carbocycles. The van der Waals surface area contributed by atoms with Gasteiger partial charge in [-0.15, -0.1) is 0 Å². The fraction of sp³-hybridized carbons (Fsp3) is 0.0500. The van der Waals surface area contributed by atoms with E-state index in [4.69, 9.17) is 19.4 Å². The molecule has 65 heavy (non-hydrogen) atoms. The molecule has 13 rings (SSSR count). The first-order valence-corrected chi connectivity index (χ1v) is 22.2. The zero-order valence-electron chi connectivity index (χ0n) is 35.8. The van der Waals surface area contributed by atoms with E-state index in [-0.39, 0.29) is 5.41 Å². The minimum absolute atomic E-state index is 0.110. The molecule has 0 amide bonds. The van der Waals surface area contributed by atoms with Gasteiger partial charge in [-0.1, -0.05) is 153 Å². The van der Waals surface area contributed by atoms with E-state index in [1.807, 2.05) is 0 Å². The monoisotopic (exact) mass is 832 g/mol. The number of nitrogens with zero attached hydrogens (tertiary/aromatic N) is 4. The maximum atomic E-state index is 6.68. The second-order valence-electron chi connectivity index (χ2n) is 17.6. The zero-order valence-corrected chi connectivity index (χ0v) is 35.8. The molecule has 0 fully saturated rings. The van der Waals surface area contributed by atoms with Crippen LogP contribution in [0.4, 0.5) is 0 Å². The van der Waals surface area contributed by atoms with E-state index in [0.29, 0.717) is 17.5 Å². The number of benzene rings is 9. The summed E-state index contributed by atoms with van der Waals surface area (Å²) in [5.41, 5.74) is 17.3. The van der Waals surface area contributed by atoms with Gasteiger partial charge in [0.2, 0.25) is 0 Å². The molecule has 3 heterocycles. The van der Waals surface area contributed by atoms with Crippen molar-refractivity contribution in [2.75, 3.05) is 0 Å². The Balaban J connectivity index is 0.984. The summed E-state index contributed by atoms with van der Waals surface area (Å²) in [4.78, 5) is 15.8. The molecule has 0 bridgehead atoms. The molecule has 12 aromatic rings. The van der Waals surface area contributed by atoms with Crippen LogP contribution in [0.5, 0.6) is 0 Å². The summed E-state index contributed by atoms with van der Waals surface area (Å²) in [6, 6.07) is 73.1. The molecule has 9 aromatic carbocycles. The molecular weight excluding hydrogens is 793 g/mol. The highest BCUT2D eigenvalue weighted by atomic mass is 16.3. The summed E-state index contributed by atoms with van der Waals surface area (Å²) in [5, 5.41) is 4.43. The van der Waals surface area contributed by atoms with Crippen molar-refractivity contribution in [3.8, 4) is 73.2 Å². The predicted molar refractivity (Wildman–Crippen MR) is 266 cm³/mol. The van der Waals surface area contributed by atoms with Gasteiger partial charge in [0.1, 0.15) is 11.2 Å². The van der Waals surface area contributed by atoms with Gasteiger partial charge in [-0.2, -0.15) is 0 Å². The third kappa shape index (κ3) is 5.89. The molecule has 5 nitrogen and oxygen atoms in total. The molecule has 0 saturated carbocycles. The number of fused-ring (bicyclic) bond motifs is 9. The lowest BCUT2D eigenvalue weighted by molar-refractivity contribution is 0.660. The second-order valence-corrected chi connectivity index (χ2v) is 17.6. The maximum absolute atomic E-state index is 6.68. The third-order valence-electron chi connectivity index (χ3n) is 13.5. The average molecular weight is 833 g/mol. The number of hydrogen-bond acceptors (Lipinski definition) is 4. The van der Waals surface area contributed by atoms with Gasteiger partial charge >= 0.3 is 0 Å². The van der Waals surface area contributed by atoms with Crippen LogP contribution in [0.25, 0.3) is 117 Å². The van der Waals surface area contributed by atoms with E-state index in [2.05, 4.69) is 225 Å². The van der Waals surface area contributed by atoms with Gasteiger partial charge in [0.15, 0.2) is 17.5 Å². The Labute approximate surface area is 376 Å². The molecule has 0 radical (unpaired) electrons. The molecule has 5 heteroatoms. The smallest absolute Gasteiger partial charge is 0.164 e. The third-order valence-corrected chi connectivity index (χ3v) is 13.5. The zero-order chi connectivity index (χ0) is 43.2. The van der Waals surface area contributed by atoms with Crippen molar-refractivity contribution >= 4 is 43.7 Å². The Bertz CT molecular complexity index is 3860. The number of rotatable bonds is 6. The van der Waals surface area contributed by atoms with Crippen LogP contribution in [0, 0.1) is 0 Å². The summed E-state index contributed by atoms with van der Waals surface area (Å²) >= 11 is 0. The van der Waals surface area contributed by atoms with Crippen LogP contribution >= 0.6 is 0 Å².